The molecule has 0 spiro atoms. The molecule has 2 amide bonds. The molecule has 2 N–H and O–H groups in total. The number of nitrogens with one attached hydrogen (secondary N) is 2. The number of anilines is 1. The van der Waals surface area contributed by atoms with Crippen LogP contribution in [-0.4, -0.2) is 30.9 Å². The quantitative estimate of drug-likeness (QED) is 0.889. The third-order valence-electron chi connectivity index (χ3n) is 5.87. The first kappa shape index (κ1) is 15.6. The van der Waals surface area contributed by atoms with Gasteiger partial charge in [0.15, 0.2) is 0 Å². The van der Waals surface area contributed by atoms with E-state index in [1.165, 1.54) is 25.7 Å². The van der Waals surface area contributed by atoms with Gasteiger partial charge in [-0.2, -0.15) is 0 Å². The van der Waals surface area contributed by atoms with Crippen molar-refractivity contribution in [1.29, 1.82) is 0 Å². The van der Waals surface area contributed by atoms with E-state index in [4.69, 9.17) is 0 Å². The van der Waals surface area contributed by atoms with Gasteiger partial charge in [-0.05, 0) is 42.4 Å². The maximum absolute atomic E-state index is 12.5. The lowest BCUT2D eigenvalue weighted by molar-refractivity contribution is -0.123. The molecule has 0 unspecified atom stereocenters. The highest BCUT2D eigenvalue weighted by Crippen LogP contribution is 2.33. The Kier molecular flexibility index (Phi) is 4.04. The Morgan fingerprint density at radius 1 is 1.33 bits per heavy atom. The molecule has 3 aliphatic rings. The monoisotopic (exact) mass is 327 g/mol. The van der Waals surface area contributed by atoms with Crippen LogP contribution in [0.3, 0.4) is 0 Å². The summed E-state index contributed by atoms with van der Waals surface area (Å²) in [6.07, 6.45) is 6.49. The van der Waals surface area contributed by atoms with Crippen molar-refractivity contribution in [2.75, 3.05) is 11.9 Å². The van der Waals surface area contributed by atoms with E-state index in [0.29, 0.717) is 24.9 Å². The van der Waals surface area contributed by atoms with Gasteiger partial charge < -0.3 is 15.5 Å². The second-order valence-corrected chi connectivity index (χ2v) is 7.42. The smallest absolute Gasteiger partial charge is 0.237 e. The number of likely N-dealkylation sites (N-methyl/N-ethyl adjacent to an activating group) is 1. The lowest BCUT2D eigenvalue weighted by Gasteiger charge is -2.24. The molecule has 1 aliphatic carbocycles. The van der Waals surface area contributed by atoms with Gasteiger partial charge in [0.05, 0.1) is 12.5 Å². The number of carbonyl (C=O) groups is 2. The van der Waals surface area contributed by atoms with Crippen molar-refractivity contribution in [2.24, 2.45) is 5.92 Å². The van der Waals surface area contributed by atoms with E-state index in [0.717, 1.165) is 23.2 Å². The van der Waals surface area contributed by atoms with E-state index >= 15 is 0 Å². The zero-order valence-corrected chi connectivity index (χ0v) is 14.2. The molecule has 1 aromatic rings. The van der Waals surface area contributed by atoms with Crippen LogP contribution >= 0.6 is 0 Å². The summed E-state index contributed by atoms with van der Waals surface area (Å²) in [6, 6.07) is 6.51. The largest absolute Gasteiger partial charge is 0.351 e. The van der Waals surface area contributed by atoms with Crippen LogP contribution in [-0.2, 0) is 22.6 Å². The van der Waals surface area contributed by atoms with E-state index in [2.05, 4.69) is 10.6 Å². The van der Waals surface area contributed by atoms with Crippen molar-refractivity contribution in [2.45, 2.75) is 57.2 Å². The molecule has 5 heteroatoms. The summed E-state index contributed by atoms with van der Waals surface area (Å²) in [5.41, 5.74) is 3.09. The van der Waals surface area contributed by atoms with Crippen molar-refractivity contribution in [3.05, 3.63) is 29.3 Å². The van der Waals surface area contributed by atoms with E-state index in [9.17, 15) is 9.59 Å². The SMILES string of the molecule is CN1C(=O)Cc2cc(CNC(=O)[C@@H]3C[C@@H]4CCCC[C@@H]4N3)ccc21. The first-order valence-corrected chi connectivity index (χ1v) is 9.04. The molecule has 4 rings (SSSR count). The van der Waals surface area contributed by atoms with Gasteiger partial charge in [-0.1, -0.05) is 25.0 Å². The van der Waals surface area contributed by atoms with Gasteiger partial charge in [-0.25, -0.2) is 0 Å². The molecule has 1 saturated carbocycles. The first-order valence-electron chi connectivity index (χ1n) is 9.04. The number of rotatable bonds is 3. The van der Waals surface area contributed by atoms with E-state index in [1.807, 2.05) is 18.2 Å². The van der Waals surface area contributed by atoms with Crippen molar-refractivity contribution >= 4 is 17.5 Å². The summed E-state index contributed by atoms with van der Waals surface area (Å²) in [4.78, 5) is 25.9. The van der Waals surface area contributed by atoms with Gasteiger partial charge in [-0.15, -0.1) is 0 Å². The molecule has 2 fully saturated rings. The van der Waals surface area contributed by atoms with Crippen molar-refractivity contribution < 1.29 is 9.59 Å². The zero-order chi connectivity index (χ0) is 16.7. The van der Waals surface area contributed by atoms with Gasteiger partial charge in [0.1, 0.15) is 0 Å². The average Bonchev–Trinajstić information content (AvgIpc) is 3.14. The molecule has 0 aromatic heterocycles. The predicted molar refractivity (Wildman–Crippen MR) is 92.7 cm³/mol. The minimum atomic E-state index is -0.0414. The molecule has 1 aromatic carbocycles. The minimum absolute atomic E-state index is 0.0414. The van der Waals surface area contributed by atoms with Crippen molar-refractivity contribution in [3.63, 3.8) is 0 Å². The first-order chi connectivity index (χ1) is 11.6. The molecule has 24 heavy (non-hydrogen) atoms. The predicted octanol–water partition coefficient (Wildman–Crippen LogP) is 1.74. The molecular formula is C19H25N3O2. The zero-order valence-electron chi connectivity index (χ0n) is 14.2. The van der Waals surface area contributed by atoms with Gasteiger partial charge in [0.2, 0.25) is 11.8 Å². The Hall–Kier alpha value is -1.88. The molecule has 128 valence electrons. The Bertz CT molecular complexity index is 659. The number of hydrogen-bond acceptors (Lipinski definition) is 3. The molecular weight excluding hydrogens is 302 g/mol. The third kappa shape index (κ3) is 2.81. The van der Waals surface area contributed by atoms with Gasteiger partial charge in [-0.3, -0.25) is 9.59 Å². The van der Waals surface area contributed by atoms with Crippen molar-refractivity contribution in [3.8, 4) is 0 Å². The van der Waals surface area contributed by atoms with Crippen LogP contribution in [0.2, 0.25) is 0 Å². The lowest BCUT2D eigenvalue weighted by Crippen LogP contribution is -2.42. The highest BCUT2D eigenvalue weighted by atomic mass is 16.2. The molecule has 2 heterocycles. The standard InChI is InChI=1S/C19H25N3O2/c1-22-17-7-6-12(8-14(17)10-18(22)23)11-20-19(24)16-9-13-4-2-3-5-15(13)21-16/h6-8,13,15-16,21H,2-5,9-11H2,1H3,(H,20,24)/t13-,15-,16-/m0/s1. The summed E-state index contributed by atoms with van der Waals surface area (Å²) >= 11 is 0. The number of nitrogens with zero attached hydrogens (tertiary/aromatic N) is 1. The Balaban J connectivity index is 1.35. The minimum Gasteiger partial charge on any atom is -0.351 e. The van der Waals surface area contributed by atoms with Crippen LogP contribution < -0.4 is 15.5 Å². The van der Waals surface area contributed by atoms with E-state index < -0.39 is 0 Å². The highest BCUT2D eigenvalue weighted by Gasteiger charge is 2.38. The number of fused-ring (bicyclic) bond motifs is 2. The van der Waals surface area contributed by atoms with Crippen LogP contribution in [0.5, 0.6) is 0 Å². The summed E-state index contributed by atoms with van der Waals surface area (Å²) in [6.45, 7) is 0.525. The fourth-order valence-corrected chi connectivity index (χ4v) is 4.47. The highest BCUT2D eigenvalue weighted by molar-refractivity contribution is 6.00. The second kappa shape index (κ2) is 6.20. The Morgan fingerprint density at radius 2 is 2.17 bits per heavy atom. The fourth-order valence-electron chi connectivity index (χ4n) is 4.47. The second-order valence-electron chi connectivity index (χ2n) is 7.42. The van der Waals surface area contributed by atoms with Crippen LogP contribution in [0.15, 0.2) is 18.2 Å². The maximum Gasteiger partial charge on any atom is 0.237 e. The summed E-state index contributed by atoms with van der Waals surface area (Å²) < 4.78 is 0. The molecule has 1 saturated heterocycles. The lowest BCUT2D eigenvalue weighted by atomic mass is 9.85. The van der Waals surface area contributed by atoms with Gasteiger partial charge in [0.25, 0.3) is 0 Å². The van der Waals surface area contributed by atoms with Crippen LogP contribution in [0.1, 0.15) is 43.2 Å². The normalized spacial score (nSPS) is 28.6. The fraction of sp³-hybridized carbons (Fsp3) is 0.579. The van der Waals surface area contributed by atoms with Gasteiger partial charge in [0, 0.05) is 25.3 Å². The van der Waals surface area contributed by atoms with Crippen LogP contribution in [0, 0.1) is 5.92 Å². The number of amides is 2. The molecule has 2 aliphatic heterocycles. The van der Waals surface area contributed by atoms with Crippen LogP contribution in [0.4, 0.5) is 5.69 Å². The molecule has 0 bridgehead atoms. The molecule has 3 atom stereocenters. The van der Waals surface area contributed by atoms with E-state index in [-0.39, 0.29) is 17.9 Å². The maximum atomic E-state index is 12.5. The van der Waals surface area contributed by atoms with Crippen LogP contribution in [0.25, 0.3) is 0 Å². The average molecular weight is 327 g/mol. The Morgan fingerprint density at radius 3 is 3.00 bits per heavy atom. The molecule has 0 radical (unpaired) electrons. The topological polar surface area (TPSA) is 61.4 Å². The van der Waals surface area contributed by atoms with Gasteiger partial charge >= 0.3 is 0 Å². The van der Waals surface area contributed by atoms with Crippen molar-refractivity contribution in [1.82, 2.24) is 10.6 Å². The number of benzene rings is 1. The van der Waals surface area contributed by atoms with E-state index in [1.54, 1.807) is 11.9 Å². The summed E-state index contributed by atoms with van der Waals surface area (Å²) in [5.74, 6) is 0.915. The Labute approximate surface area is 142 Å². The number of hydrogen-bond donors (Lipinski definition) is 2. The summed E-state index contributed by atoms with van der Waals surface area (Å²) in [5, 5.41) is 6.58. The molecule has 5 nitrogen and oxygen atoms in total. The third-order valence-corrected chi connectivity index (χ3v) is 5.87. The number of carbonyl (C=O) groups excluding carboxylic acids is 2. The summed E-state index contributed by atoms with van der Waals surface area (Å²) in [7, 11) is 1.81.